The Morgan fingerprint density at radius 2 is 0.659 bits per heavy atom. The van der Waals surface area contributed by atoms with E-state index in [2.05, 4.69) is 27.7 Å². The van der Waals surface area contributed by atoms with E-state index in [0.29, 0.717) is 0 Å². The normalized spacial score (nSPS) is 34.5. The van der Waals surface area contributed by atoms with Crippen LogP contribution < -0.4 is 0 Å². The maximum Gasteiger partial charge on any atom is 0.0494 e. The molecule has 0 atom stereocenters. The van der Waals surface area contributed by atoms with Crippen LogP contribution in [0.5, 0.6) is 0 Å². The van der Waals surface area contributed by atoms with Gasteiger partial charge in [-0.1, -0.05) is 136 Å². The Balaban J connectivity index is 0.000000226. The lowest BCUT2D eigenvalue weighted by molar-refractivity contribution is 0.0763. The van der Waals surface area contributed by atoms with Crippen LogP contribution in [0.1, 0.15) is 175 Å². The molecule has 4 aliphatic rings. The molecule has 4 rings (SSSR count). The van der Waals surface area contributed by atoms with Crippen molar-refractivity contribution in [3.8, 4) is 0 Å². The van der Waals surface area contributed by atoms with Crippen molar-refractivity contribution in [2.45, 2.75) is 175 Å². The van der Waals surface area contributed by atoms with Gasteiger partial charge in [-0.2, -0.15) is 0 Å². The Hall–Kier alpha value is -0.0800. The minimum absolute atomic E-state index is 0.867. The van der Waals surface area contributed by atoms with Gasteiger partial charge in [-0.25, -0.2) is 0 Å². The zero-order valence-corrected chi connectivity index (χ0v) is 28.5. The lowest BCUT2D eigenvalue weighted by Gasteiger charge is -2.31. The van der Waals surface area contributed by atoms with E-state index in [1.54, 1.807) is 0 Å². The average molecular weight is 575 g/mol. The fraction of sp³-hybridized carbons (Fsp3) is 1.00. The zero-order valence-electron chi connectivity index (χ0n) is 28.5. The number of ether oxygens (including phenoxy) is 2. The van der Waals surface area contributed by atoms with E-state index in [9.17, 15) is 0 Å². The van der Waals surface area contributed by atoms with E-state index in [-0.39, 0.29) is 0 Å². The van der Waals surface area contributed by atoms with Crippen LogP contribution in [-0.2, 0) is 9.47 Å². The van der Waals surface area contributed by atoms with E-state index < -0.39 is 0 Å². The molecule has 4 saturated carbocycles. The zero-order chi connectivity index (χ0) is 29.1. The van der Waals surface area contributed by atoms with E-state index in [0.717, 1.165) is 80.2 Å². The molecule has 0 N–H and O–H groups in total. The van der Waals surface area contributed by atoms with Crippen molar-refractivity contribution in [3.05, 3.63) is 0 Å². The highest BCUT2D eigenvalue weighted by atomic mass is 16.5. The summed E-state index contributed by atoms with van der Waals surface area (Å²) in [6, 6.07) is 0. The van der Waals surface area contributed by atoms with Gasteiger partial charge < -0.3 is 9.47 Å². The van der Waals surface area contributed by atoms with Crippen LogP contribution in [0.25, 0.3) is 0 Å². The van der Waals surface area contributed by atoms with Crippen molar-refractivity contribution in [2.24, 2.45) is 47.3 Å². The number of rotatable bonds is 15. The molecule has 0 aromatic heterocycles. The largest absolute Gasteiger partial charge is 0.381 e. The molecule has 0 saturated heterocycles. The van der Waals surface area contributed by atoms with Crippen molar-refractivity contribution in [1.29, 1.82) is 0 Å². The van der Waals surface area contributed by atoms with Crippen LogP contribution in [0.2, 0.25) is 0 Å². The van der Waals surface area contributed by atoms with Gasteiger partial charge >= 0.3 is 0 Å². The fourth-order valence-corrected chi connectivity index (χ4v) is 8.85. The molecule has 4 fully saturated rings. The van der Waals surface area contributed by atoms with Crippen molar-refractivity contribution >= 4 is 0 Å². The van der Waals surface area contributed by atoms with Crippen molar-refractivity contribution < 1.29 is 9.47 Å². The first-order valence-electron chi connectivity index (χ1n) is 19.3. The van der Waals surface area contributed by atoms with Gasteiger partial charge in [0.25, 0.3) is 0 Å². The fourth-order valence-electron chi connectivity index (χ4n) is 8.85. The molecule has 0 bridgehead atoms. The molecule has 0 spiro atoms. The second-order valence-corrected chi connectivity index (χ2v) is 15.3. The standard InChI is InChI=1S/C20H38O.C19H36O/c1-3-15-21-16-20-13-11-19(12-14-20)10-9-18-7-5-17(4-2)6-8-18;1-3-16-5-7-17(8-6-16)9-10-18-11-13-19(14-12-18)15-20-4-2/h17-20H,3-16H2,1-2H3;16-19H,3-15H2,1-2H3. The summed E-state index contributed by atoms with van der Waals surface area (Å²) in [5.74, 6) is 8.06. The van der Waals surface area contributed by atoms with Gasteiger partial charge in [0.2, 0.25) is 0 Å². The number of hydrogen-bond acceptors (Lipinski definition) is 2. The van der Waals surface area contributed by atoms with Crippen LogP contribution >= 0.6 is 0 Å². The van der Waals surface area contributed by atoms with Gasteiger partial charge in [0.05, 0.1) is 0 Å². The molecule has 0 heterocycles. The Bertz CT molecular complexity index is 587. The second kappa shape index (κ2) is 21.6. The van der Waals surface area contributed by atoms with Crippen LogP contribution in [0.3, 0.4) is 0 Å². The first-order chi connectivity index (χ1) is 20.1. The summed E-state index contributed by atoms with van der Waals surface area (Å²) in [5, 5.41) is 0. The van der Waals surface area contributed by atoms with Gasteiger partial charge in [0.1, 0.15) is 0 Å². The summed E-state index contributed by atoms with van der Waals surface area (Å²) in [5.41, 5.74) is 0. The van der Waals surface area contributed by atoms with E-state index in [1.807, 2.05) is 0 Å². The van der Waals surface area contributed by atoms with E-state index >= 15 is 0 Å². The Morgan fingerprint density at radius 1 is 0.366 bits per heavy atom. The lowest BCUT2D eigenvalue weighted by atomic mass is 9.75. The summed E-state index contributed by atoms with van der Waals surface area (Å²) in [4.78, 5) is 0. The van der Waals surface area contributed by atoms with Crippen LogP contribution in [0.4, 0.5) is 0 Å². The Morgan fingerprint density at radius 3 is 0.951 bits per heavy atom. The van der Waals surface area contributed by atoms with Crippen LogP contribution in [0.15, 0.2) is 0 Å². The third-order valence-electron chi connectivity index (χ3n) is 12.2. The summed E-state index contributed by atoms with van der Waals surface area (Å²) < 4.78 is 11.3. The highest BCUT2D eigenvalue weighted by Crippen LogP contribution is 2.38. The quantitative estimate of drug-likeness (QED) is 0.181. The molecule has 2 nitrogen and oxygen atoms in total. The SMILES string of the molecule is CCCOCC1CCC(CCC2CCC(CC)CC2)CC1.CCOCC1CCC(CCC2CCC(CC)CC2)CC1. The predicted octanol–water partition coefficient (Wildman–Crippen LogP) is 12.0. The van der Waals surface area contributed by atoms with Gasteiger partial charge in [-0.15, -0.1) is 0 Å². The van der Waals surface area contributed by atoms with Crippen molar-refractivity contribution in [1.82, 2.24) is 0 Å². The molecule has 0 aliphatic heterocycles. The average Bonchev–Trinajstić information content (AvgIpc) is 3.04. The number of hydrogen-bond donors (Lipinski definition) is 0. The summed E-state index contributed by atoms with van der Waals surface area (Å²) in [6.45, 7) is 12.9. The summed E-state index contributed by atoms with van der Waals surface area (Å²) >= 11 is 0. The molecule has 2 heteroatoms. The van der Waals surface area contributed by atoms with Gasteiger partial charge in [0, 0.05) is 26.4 Å². The molecular weight excluding hydrogens is 500 g/mol. The smallest absolute Gasteiger partial charge is 0.0494 e. The van der Waals surface area contributed by atoms with Gasteiger partial charge in [0.15, 0.2) is 0 Å². The predicted molar refractivity (Wildman–Crippen MR) is 178 cm³/mol. The van der Waals surface area contributed by atoms with Gasteiger partial charge in [-0.3, -0.25) is 0 Å². The molecule has 242 valence electrons. The highest BCUT2D eigenvalue weighted by Gasteiger charge is 2.26. The third kappa shape index (κ3) is 14.5. The molecule has 41 heavy (non-hydrogen) atoms. The minimum atomic E-state index is 0.867. The minimum Gasteiger partial charge on any atom is -0.381 e. The molecule has 0 aromatic carbocycles. The molecule has 0 unspecified atom stereocenters. The first-order valence-corrected chi connectivity index (χ1v) is 19.3. The molecule has 0 amide bonds. The summed E-state index contributed by atoms with van der Waals surface area (Å²) in [7, 11) is 0. The maximum absolute atomic E-state index is 5.73. The van der Waals surface area contributed by atoms with E-state index in [4.69, 9.17) is 9.47 Å². The van der Waals surface area contributed by atoms with E-state index in [1.165, 1.54) is 141 Å². The molecule has 4 aliphatic carbocycles. The molecule has 0 aromatic rings. The Kier molecular flexibility index (Phi) is 18.6. The topological polar surface area (TPSA) is 18.5 Å². The maximum atomic E-state index is 5.73. The lowest BCUT2D eigenvalue weighted by Crippen LogP contribution is -2.20. The van der Waals surface area contributed by atoms with Crippen LogP contribution in [-0.4, -0.2) is 26.4 Å². The van der Waals surface area contributed by atoms with Crippen molar-refractivity contribution in [3.63, 3.8) is 0 Å². The third-order valence-corrected chi connectivity index (χ3v) is 12.2. The molecular formula is C39H74O2. The van der Waals surface area contributed by atoms with Crippen molar-refractivity contribution in [2.75, 3.05) is 26.4 Å². The van der Waals surface area contributed by atoms with Crippen LogP contribution in [0, 0.1) is 47.3 Å². The monoisotopic (exact) mass is 575 g/mol. The van der Waals surface area contributed by atoms with Gasteiger partial charge in [-0.05, 0) is 86.4 Å². The first kappa shape index (κ1) is 35.4. The Labute approximate surface area is 258 Å². The molecule has 0 radical (unpaired) electrons. The second-order valence-electron chi connectivity index (χ2n) is 15.3. The summed E-state index contributed by atoms with van der Waals surface area (Å²) in [6.07, 6.45) is 33.8. The highest BCUT2D eigenvalue weighted by molar-refractivity contribution is 4.78.